The number of aryl methyl sites for hydroxylation is 3. The van der Waals surface area contributed by atoms with Gasteiger partial charge in [-0.2, -0.15) is 0 Å². The number of para-hydroxylation sites is 1. The van der Waals surface area contributed by atoms with E-state index < -0.39 is 0 Å². The maximum absolute atomic E-state index is 10.3. The lowest BCUT2D eigenvalue weighted by molar-refractivity contribution is 0.460. The molecular formula is C30H25N3O2. The van der Waals surface area contributed by atoms with Gasteiger partial charge in [0.1, 0.15) is 22.8 Å². The summed E-state index contributed by atoms with van der Waals surface area (Å²) in [6, 6.07) is 26.0. The number of aromatic nitrogens is 3. The van der Waals surface area contributed by atoms with Gasteiger partial charge in [0.05, 0.1) is 11.0 Å². The van der Waals surface area contributed by atoms with Crippen LogP contribution in [-0.2, 0) is 6.42 Å². The molecule has 0 atom stereocenters. The lowest BCUT2D eigenvalue weighted by atomic mass is 10.1. The van der Waals surface area contributed by atoms with E-state index in [1.165, 1.54) is 16.5 Å². The number of ether oxygens (including phenoxy) is 1. The summed E-state index contributed by atoms with van der Waals surface area (Å²) < 4.78 is 8.43. The summed E-state index contributed by atoms with van der Waals surface area (Å²) in [5.74, 6) is 2.13. The van der Waals surface area contributed by atoms with Crippen LogP contribution in [-0.4, -0.2) is 19.6 Å². The fourth-order valence-electron chi connectivity index (χ4n) is 4.86. The van der Waals surface area contributed by atoms with Crippen molar-refractivity contribution in [2.75, 3.05) is 0 Å². The highest BCUT2D eigenvalue weighted by Gasteiger charge is 2.17. The van der Waals surface area contributed by atoms with E-state index in [4.69, 9.17) is 9.72 Å². The van der Waals surface area contributed by atoms with Crippen molar-refractivity contribution in [3.8, 4) is 23.2 Å². The molecule has 35 heavy (non-hydrogen) atoms. The summed E-state index contributed by atoms with van der Waals surface area (Å²) in [5, 5.41) is 13.6. The van der Waals surface area contributed by atoms with Gasteiger partial charge in [-0.25, -0.2) is 9.97 Å². The first-order chi connectivity index (χ1) is 17.0. The Kier molecular flexibility index (Phi) is 4.92. The van der Waals surface area contributed by atoms with Gasteiger partial charge in [0.15, 0.2) is 0 Å². The van der Waals surface area contributed by atoms with Gasteiger partial charge in [-0.1, -0.05) is 37.3 Å². The Morgan fingerprint density at radius 1 is 0.829 bits per heavy atom. The minimum Gasteiger partial charge on any atom is -0.506 e. The fourth-order valence-corrected chi connectivity index (χ4v) is 4.86. The standard InChI is InChI=1S/C30H25N3O2/c1-4-20-8-6-9-24-23-13-12-21(17-25(23)33(30(20)24)27-10-5-7-19(3)31-27)35-28-16-14-22-18(2)11-15-26(34)29(22)32-28/h5-17,34H,4H2,1-3H3. The van der Waals surface area contributed by atoms with Crippen LogP contribution in [0.25, 0.3) is 38.5 Å². The molecule has 3 aromatic heterocycles. The zero-order chi connectivity index (χ0) is 24.1. The molecule has 0 saturated heterocycles. The minimum absolute atomic E-state index is 0.143. The Hall–Kier alpha value is -4.38. The van der Waals surface area contributed by atoms with Gasteiger partial charge in [-0.05, 0) is 67.8 Å². The fraction of sp³-hybridized carbons (Fsp3) is 0.133. The summed E-state index contributed by atoms with van der Waals surface area (Å²) in [6.07, 6.45) is 0.923. The first-order valence-corrected chi connectivity index (χ1v) is 11.8. The van der Waals surface area contributed by atoms with Gasteiger partial charge in [0, 0.05) is 34.0 Å². The van der Waals surface area contributed by atoms with Crippen LogP contribution in [0.2, 0.25) is 0 Å². The normalized spacial score (nSPS) is 11.5. The largest absolute Gasteiger partial charge is 0.506 e. The van der Waals surface area contributed by atoms with Crippen molar-refractivity contribution in [2.45, 2.75) is 27.2 Å². The SMILES string of the molecule is CCc1cccc2c3ccc(Oc4ccc5c(C)ccc(O)c5n4)cc3n(-c3cccc(C)n3)c12. The van der Waals surface area contributed by atoms with Crippen LogP contribution < -0.4 is 4.74 Å². The van der Waals surface area contributed by atoms with Gasteiger partial charge in [-0.15, -0.1) is 0 Å². The molecule has 0 aliphatic carbocycles. The van der Waals surface area contributed by atoms with Crippen molar-refractivity contribution in [1.29, 1.82) is 0 Å². The monoisotopic (exact) mass is 459 g/mol. The Morgan fingerprint density at radius 2 is 1.66 bits per heavy atom. The number of hydrogen-bond donors (Lipinski definition) is 1. The van der Waals surface area contributed by atoms with Crippen LogP contribution in [0.4, 0.5) is 0 Å². The van der Waals surface area contributed by atoms with Gasteiger partial charge in [-0.3, -0.25) is 4.57 Å². The lowest BCUT2D eigenvalue weighted by Gasteiger charge is -2.11. The van der Waals surface area contributed by atoms with Crippen LogP contribution in [0.5, 0.6) is 17.4 Å². The molecule has 0 unspecified atom stereocenters. The van der Waals surface area contributed by atoms with E-state index >= 15 is 0 Å². The molecule has 1 N–H and O–H groups in total. The number of nitrogens with zero attached hydrogens (tertiary/aromatic N) is 3. The summed E-state index contributed by atoms with van der Waals surface area (Å²) in [4.78, 5) is 9.42. The van der Waals surface area contributed by atoms with Crippen molar-refractivity contribution < 1.29 is 9.84 Å². The van der Waals surface area contributed by atoms with Gasteiger partial charge < -0.3 is 9.84 Å². The number of pyridine rings is 2. The highest BCUT2D eigenvalue weighted by Crippen LogP contribution is 2.37. The summed E-state index contributed by atoms with van der Waals surface area (Å²) in [6.45, 7) is 6.19. The topological polar surface area (TPSA) is 60.2 Å². The molecule has 0 bridgehead atoms. The van der Waals surface area contributed by atoms with E-state index in [-0.39, 0.29) is 5.75 Å². The van der Waals surface area contributed by atoms with E-state index in [9.17, 15) is 5.11 Å². The average Bonchev–Trinajstić information content (AvgIpc) is 3.20. The third-order valence-electron chi connectivity index (χ3n) is 6.58. The molecule has 5 heteroatoms. The van der Waals surface area contributed by atoms with Crippen molar-refractivity contribution >= 4 is 32.7 Å². The first-order valence-electron chi connectivity index (χ1n) is 11.8. The molecule has 6 rings (SSSR count). The zero-order valence-corrected chi connectivity index (χ0v) is 19.9. The summed E-state index contributed by atoms with van der Waals surface area (Å²) >= 11 is 0. The molecule has 0 aliphatic rings. The highest BCUT2D eigenvalue weighted by atomic mass is 16.5. The van der Waals surface area contributed by atoms with Crippen LogP contribution in [0.3, 0.4) is 0 Å². The maximum atomic E-state index is 10.3. The number of aromatic hydroxyl groups is 1. The molecule has 0 aliphatic heterocycles. The van der Waals surface area contributed by atoms with Crippen molar-refractivity contribution in [3.05, 3.63) is 95.7 Å². The molecule has 172 valence electrons. The number of rotatable bonds is 4. The second-order valence-corrected chi connectivity index (χ2v) is 8.87. The van der Waals surface area contributed by atoms with Gasteiger partial charge >= 0.3 is 0 Å². The van der Waals surface area contributed by atoms with Crippen molar-refractivity contribution in [2.24, 2.45) is 0 Å². The summed E-state index contributed by atoms with van der Waals surface area (Å²) in [5.41, 5.74) is 6.02. The number of fused-ring (bicyclic) bond motifs is 4. The number of benzene rings is 3. The van der Waals surface area contributed by atoms with E-state index in [1.54, 1.807) is 6.07 Å². The zero-order valence-electron chi connectivity index (χ0n) is 19.9. The number of hydrogen-bond acceptors (Lipinski definition) is 4. The number of phenols is 1. The molecule has 0 fully saturated rings. The quantitative estimate of drug-likeness (QED) is 0.298. The third-order valence-corrected chi connectivity index (χ3v) is 6.58. The number of phenolic OH excluding ortho intramolecular Hbond substituents is 1. The Labute approximate surface area is 203 Å². The molecule has 5 nitrogen and oxygen atoms in total. The Morgan fingerprint density at radius 3 is 2.49 bits per heavy atom. The summed E-state index contributed by atoms with van der Waals surface area (Å²) in [7, 11) is 0. The first kappa shape index (κ1) is 21.2. The second-order valence-electron chi connectivity index (χ2n) is 8.87. The molecule has 0 spiro atoms. The highest BCUT2D eigenvalue weighted by molar-refractivity contribution is 6.10. The molecule has 3 aromatic carbocycles. The van der Waals surface area contributed by atoms with Crippen LogP contribution in [0, 0.1) is 13.8 Å². The van der Waals surface area contributed by atoms with Crippen LogP contribution in [0.1, 0.15) is 23.7 Å². The molecule has 3 heterocycles. The molecule has 0 saturated carbocycles. The predicted molar refractivity (Wildman–Crippen MR) is 141 cm³/mol. The Bertz CT molecular complexity index is 1750. The van der Waals surface area contributed by atoms with Crippen molar-refractivity contribution in [1.82, 2.24) is 14.5 Å². The van der Waals surface area contributed by atoms with Gasteiger partial charge in [0.25, 0.3) is 0 Å². The molecule has 0 amide bonds. The Balaban J connectivity index is 1.55. The lowest BCUT2D eigenvalue weighted by Crippen LogP contribution is -2.00. The van der Waals surface area contributed by atoms with Crippen LogP contribution in [0.15, 0.2) is 78.9 Å². The van der Waals surface area contributed by atoms with E-state index in [1.807, 2.05) is 62.4 Å². The molecule has 0 radical (unpaired) electrons. The minimum atomic E-state index is 0.143. The molecular weight excluding hydrogens is 434 g/mol. The van der Waals surface area contributed by atoms with E-state index in [2.05, 4.69) is 40.7 Å². The van der Waals surface area contributed by atoms with E-state index in [0.29, 0.717) is 17.1 Å². The smallest absolute Gasteiger partial charge is 0.219 e. The molecule has 6 aromatic rings. The third kappa shape index (κ3) is 3.48. The van der Waals surface area contributed by atoms with Crippen molar-refractivity contribution in [3.63, 3.8) is 0 Å². The predicted octanol–water partition coefficient (Wildman–Crippen LogP) is 7.40. The average molecular weight is 460 g/mol. The maximum Gasteiger partial charge on any atom is 0.219 e. The van der Waals surface area contributed by atoms with E-state index in [0.717, 1.165) is 39.8 Å². The van der Waals surface area contributed by atoms with Gasteiger partial charge in [0.2, 0.25) is 5.88 Å². The second kappa shape index (κ2) is 8.13. The van der Waals surface area contributed by atoms with Crippen LogP contribution >= 0.6 is 0 Å².